The van der Waals surface area contributed by atoms with Gasteiger partial charge in [0, 0.05) is 6.42 Å². The maximum atomic E-state index is 12.8. The van der Waals surface area contributed by atoms with E-state index in [1.165, 1.54) is 109 Å². The van der Waals surface area contributed by atoms with Gasteiger partial charge in [0.05, 0.1) is 19.1 Å². The van der Waals surface area contributed by atoms with Crippen LogP contribution in [0.5, 0.6) is 0 Å². The lowest BCUT2D eigenvalue weighted by Crippen LogP contribution is -2.19. The fourth-order valence-electron chi connectivity index (χ4n) is 5.06. The summed E-state index contributed by atoms with van der Waals surface area (Å²) in [6, 6.07) is 0. The smallest absolute Gasteiger partial charge is 0.308 e. The van der Waals surface area contributed by atoms with Gasteiger partial charge in [-0.2, -0.15) is 0 Å². The minimum absolute atomic E-state index is 0.0474. The van der Waals surface area contributed by atoms with E-state index in [0.717, 1.165) is 44.9 Å². The molecular weight excluding hydrogens is 472 g/mol. The molecule has 226 valence electrons. The molecule has 0 amide bonds. The highest BCUT2D eigenvalue weighted by molar-refractivity contribution is 5.72. The predicted octanol–water partition coefficient (Wildman–Crippen LogP) is 10.9. The molecular formula is C34H66O4. The lowest BCUT2D eigenvalue weighted by Gasteiger charge is -2.16. The molecule has 0 rings (SSSR count). The van der Waals surface area contributed by atoms with Gasteiger partial charge in [0.15, 0.2) is 0 Å². The van der Waals surface area contributed by atoms with Crippen LogP contribution >= 0.6 is 0 Å². The van der Waals surface area contributed by atoms with Gasteiger partial charge in [-0.3, -0.25) is 9.59 Å². The summed E-state index contributed by atoms with van der Waals surface area (Å²) in [6.45, 7) is 7.81. The summed E-state index contributed by atoms with van der Waals surface area (Å²) in [5.74, 6) is -0.233. The quantitative estimate of drug-likeness (QED) is 0.0674. The summed E-state index contributed by atoms with van der Waals surface area (Å²) in [5.41, 5.74) is 0. The van der Waals surface area contributed by atoms with Crippen molar-refractivity contribution in [2.75, 3.05) is 13.2 Å². The van der Waals surface area contributed by atoms with E-state index in [-0.39, 0.29) is 17.9 Å². The summed E-state index contributed by atoms with van der Waals surface area (Å²) < 4.78 is 11.1. The van der Waals surface area contributed by atoms with Crippen molar-refractivity contribution in [2.24, 2.45) is 5.92 Å². The van der Waals surface area contributed by atoms with Gasteiger partial charge >= 0.3 is 11.9 Å². The van der Waals surface area contributed by atoms with Crippen molar-refractivity contribution in [3.8, 4) is 0 Å². The van der Waals surface area contributed by atoms with Crippen molar-refractivity contribution < 1.29 is 19.1 Å². The number of rotatable bonds is 30. The van der Waals surface area contributed by atoms with Crippen LogP contribution in [-0.2, 0) is 19.1 Å². The van der Waals surface area contributed by atoms with Crippen LogP contribution in [-0.4, -0.2) is 25.2 Å². The highest BCUT2D eigenvalue weighted by Gasteiger charge is 2.20. The summed E-state index contributed by atoms with van der Waals surface area (Å²) in [4.78, 5) is 25.0. The Kier molecular flexibility index (Phi) is 29.6. The van der Waals surface area contributed by atoms with Crippen molar-refractivity contribution >= 4 is 11.9 Å². The molecule has 0 aromatic rings. The highest BCUT2D eigenvalue weighted by atomic mass is 16.5. The average molecular weight is 539 g/mol. The first-order valence-electron chi connectivity index (χ1n) is 17.0. The van der Waals surface area contributed by atoms with Gasteiger partial charge in [0.25, 0.3) is 0 Å². The van der Waals surface area contributed by atoms with E-state index in [9.17, 15) is 9.59 Å². The van der Waals surface area contributed by atoms with Crippen molar-refractivity contribution in [1.29, 1.82) is 0 Å². The third-order valence-electron chi connectivity index (χ3n) is 7.68. The first-order valence-corrected chi connectivity index (χ1v) is 17.0. The van der Waals surface area contributed by atoms with Gasteiger partial charge < -0.3 is 9.47 Å². The molecule has 0 bridgehead atoms. The number of ether oxygens (including phenoxy) is 2. The predicted molar refractivity (Wildman–Crippen MR) is 162 cm³/mol. The van der Waals surface area contributed by atoms with Gasteiger partial charge in [-0.25, -0.2) is 0 Å². The zero-order chi connectivity index (χ0) is 27.9. The Morgan fingerprint density at radius 3 is 1.29 bits per heavy atom. The van der Waals surface area contributed by atoms with Crippen LogP contribution in [0.15, 0.2) is 0 Å². The van der Waals surface area contributed by atoms with E-state index in [4.69, 9.17) is 9.47 Å². The Balaban J connectivity index is 4.10. The molecule has 1 atom stereocenters. The van der Waals surface area contributed by atoms with E-state index in [1.807, 2.05) is 0 Å². The van der Waals surface area contributed by atoms with E-state index < -0.39 is 0 Å². The fourth-order valence-corrected chi connectivity index (χ4v) is 5.06. The van der Waals surface area contributed by atoms with E-state index in [1.54, 1.807) is 0 Å². The third kappa shape index (κ3) is 26.5. The SMILES string of the molecule is CCCCCCCCCCOC(=O)CCCC(CCCCCCCC)C(=O)OCCCCCCCCCC. The molecule has 0 aromatic carbocycles. The Morgan fingerprint density at radius 1 is 0.447 bits per heavy atom. The number of hydrogen-bond donors (Lipinski definition) is 0. The Bertz CT molecular complexity index is 505. The number of esters is 2. The van der Waals surface area contributed by atoms with Crippen LogP contribution in [0, 0.1) is 5.92 Å². The monoisotopic (exact) mass is 538 g/mol. The van der Waals surface area contributed by atoms with Crippen LogP contribution < -0.4 is 0 Å². The van der Waals surface area contributed by atoms with E-state index >= 15 is 0 Å². The third-order valence-corrected chi connectivity index (χ3v) is 7.68. The Hall–Kier alpha value is -1.06. The number of unbranched alkanes of at least 4 members (excludes halogenated alkanes) is 19. The minimum atomic E-state index is -0.112. The molecule has 0 N–H and O–H groups in total. The van der Waals surface area contributed by atoms with Crippen molar-refractivity contribution in [1.82, 2.24) is 0 Å². The molecule has 0 saturated carbocycles. The Labute approximate surface area is 237 Å². The maximum absolute atomic E-state index is 12.8. The minimum Gasteiger partial charge on any atom is -0.466 e. The molecule has 0 fully saturated rings. The number of carbonyl (C=O) groups is 2. The summed E-state index contributed by atoms with van der Waals surface area (Å²) in [7, 11) is 0. The summed E-state index contributed by atoms with van der Waals surface area (Å²) >= 11 is 0. The van der Waals surface area contributed by atoms with Crippen LogP contribution in [0.2, 0.25) is 0 Å². The summed E-state index contributed by atoms with van der Waals surface area (Å²) in [5, 5.41) is 0. The maximum Gasteiger partial charge on any atom is 0.308 e. The lowest BCUT2D eigenvalue weighted by atomic mass is 9.95. The van der Waals surface area contributed by atoms with Gasteiger partial charge in [-0.05, 0) is 32.1 Å². The molecule has 0 aliphatic rings. The van der Waals surface area contributed by atoms with Crippen LogP contribution in [0.3, 0.4) is 0 Å². The van der Waals surface area contributed by atoms with Gasteiger partial charge in [0.2, 0.25) is 0 Å². The standard InChI is InChI=1S/C34H66O4/c1-4-7-10-13-16-18-21-24-30-37-33(35)29-26-28-32(27-23-20-15-12-9-6-3)34(36)38-31-25-22-19-17-14-11-8-5-2/h32H,4-31H2,1-3H3. The number of hydrogen-bond acceptors (Lipinski definition) is 4. The molecule has 4 heteroatoms. The van der Waals surface area contributed by atoms with Gasteiger partial charge in [-0.15, -0.1) is 0 Å². The first-order chi connectivity index (χ1) is 18.7. The molecule has 4 nitrogen and oxygen atoms in total. The highest BCUT2D eigenvalue weighted by Crippen LogP contribution is 2.20. The molecule has 0 aliphatic heterocycles. The van der Waals surface area contributed by atoms with E-state index in [0.29, 0.717) is 26.1 Å². The van der Waals surface area contributed by atoms with Crippen LogP contribution in [0.1, 0.15) is 188 Å². The molecule has 0 spiro atoms. The fraction of sp³-hybridized carbons (Fsp3) is 0.941. The molecule has 0 aliphatic carbocycles. The normalized spacial score (nSPS) is 12.0. The van der Waals surface area contributed by atoms with Crippen LogP contribution in [0.25, 0.3) is 0 Å². The average Bonchev–Trinajstić information content (AvgIpc) is 2.92. The largest absolute Gasteiger partial charge is 0.466 e. The zero-order valence-corrected chi connectivity index (χ0v) is 26.0. The van der Waals surface area contributed by atoms with E-state index in [2.05, 4.69) is 20.8 Å². The second kappa shape index (κ2) is 30.5. The van der Waals surface area contributed by atoms with Crippen molar-refractivity contribution in [3.63, 3.8) is 0 Å². The second-order valence-electron chi connectivity index (χ2n) is 11.5. The summed E-state index contributed by atoms with van der Waals surface area (Å²) in [6.07, 6.45) is 30.0. The van der Waals surface area contributed by atoms with Gasteiger partial charge in [0.1, 0.15) is 0 Å². The van der Waals surface area contributed by atoms with Gasteiger partial charge in [-0.1, -0.05) is 149 Å². The molecule has 0 heterocycles. The van der Waals surface area contributed by atoms with Crippen molar-refractivity contribution in [3.05, 3.63) is 0 Å². The molecule has 0 saturated heterocycles. The Morgan fingerprint density at radius 2 is 0.816 bits per heavy atom. The molecule has 0 radical (unpaired) electrons. The van der Waals surface area contributed by atoms with Crippen molar-refractivity contribution in [2.45, 2.75) is 188 Å². The lowest BCUT2D eigenvalue weighted by molar-refractivity contribution is -0.150. The molecule has 38 heavy (non-hydrogen) atoms. The number of carbonyl (C=O) groups excluding carboxylic acids is 2. The topological polar surface area (TPSA) is 52.6 Å². The second-order valence-corrected chi connectivity index (χ2v) is 11.5. The molecule has 1 unspecified atom stereocenters. The zero-order valence-electron chi connectivity index (χ0n) is 26.0. The van der Waals surface area contributed by atoms with Crippen LogP contribution in [0.4, 0.5) is 0 Å². The molecule has 0 aromatic heterocycles. The first kappa shape index (κ1) is 36.9.